The fourth-order valence-electron chi connectivity index (χ4n) is 0.762. The summed E-state index contributed by atoms with van der Waals surface area (Å²) in [5, 5.41) is -0.515. The second-order valence-electron chi connectivity index (χ2n) is 2.25. The summed E-state index contributed by atoms with van der Waals surface area (Å²) < 4.78 is 49.4. The molecular weight excluding hydrogens is 322 g/mol. The lowest BCUT2D eigenvalue weighted by molar-refractivity contribution is -0.140. The Kier molecular flexibility index (Phi) is 3.06. The Morgan fingerprint density at radius 2 is 1.77 bits per heavy atom. The number of hydrogen-bond acceptors (Lipinski definition) is 0. The maximum absolute atomic E-state index is 12.8. The lowest BCUT2D eigenvalue weighted by Gasteiger charge is -2.08. The van der Waals surface area contributed by atoms with Gasteiger partial charge in [-0.05, 0) is 34.7 Å². The molecule has 0 unspecified atom stereocenters. The predicted octanol–water partition coefficient (Wildman–Crippen LogP) is 4.10. The molecule has 1 aromatic rings. The van der Waals surface area contributed by atoms with Crippen molar-refractivity contribution in [3.63, 3.8) is 0 Å². The highest BCUT2D eigenvalue weighted by Gasteiger charge is 2.35. The quantitative estimate of drug-likeness (QED) is 0.383. The molecule has 0 heterocycles. The molecule has 0 aliphatic carbocycles. The van der Waals surface area contributed by atoms with Gasteiger partial charge in [-0.2, -0.15) is 13.2 Å². The predicted molar refractivity (Wildman–Crippen MR) is 49.1 cm³/mol. The largest absolute Gasteiger partial charge is 0.419 e. The van der Waals surface area contributed by atoms with E-state index < -0.39 is 22.6 Å². The van der Waals surface area contributed by atoms with Crippen LogP contribution in [0.2, 0.25) is 5.02 Å². The minimum absolute atomic E-state index is 0.247. The molecule has 1 rings (SSSR count). The molecule has 6 heteroatoms. The van der Waals surface area contributed by atoms with Gasteiger partial charge in [-0.1, -0.05) is 11.6 Å². The average Bonchev–Trinajstić information content (AvgIpc) is 1.94. The van der Waals surface area contributed by atoms with Crippen molar-refractivity contribution in [2.75, 3.05) is 0 Å². The van der Waals surface area contributed by atoms with Crippen molar-refractivity contribution in [3.05, 3.63) is 32.1 Å². The Balaban J connectivity index is 3.37. The standard InChI is InChI=1S/C7H2ClF4I/c8-5-2-3(13)1-4(6(5)9)7(10,11)12/h1-2H. The second-order valence-corrected chi connectivity index (χ2v) is 3.90. The highest BCUT2D eigenvalue weighted by molar-refractivity contribution is 14.1. The zero-order valence-corrected chi connectivity index (χ0v) is 8.84. The van der Waals surface area contributed by atoms with Crippen LogP contribution in [-0.4, -0.2) is 0 Å². The molecule has 0 fully saturated rings. The number of rotatable bonds is 0. The summed E-state index contributed by atoms with van der Waals surface area (Å²) in [6.07, 6.45) is -4.70. The van der Waals surface area contributed by atoms with Crippen molar-refractivity contribution in [2.24, 2.45) is 0 Å². The third-order valence-electron chi connectivity index (χ3n) is 1.30. The molecule has 0 N–H and O–H groups in total. The fourth-order valence-corrected chi connectivity index (χ4v) is 1.79. The summed E-state index contributed by atoms with van der Waals surface area (Å²) in [4.78, 5) is 0. The van der Waals surface area contributed by atoms with Crippen LogP contribution in [0.1, 0.15) is 5.56 Å². The van der Waals surface area contributed by atoms with Crippen molar-refractivity contribution < 1.29 is 17.6 Å². The van der Waals surface area contributed by atoms with E-state index in [1.54, 1.807) is 22.6 Å². The molecule has 0 aromatic heterocycles. The van der Waals surface area contributed by atoms with E-state index in [1.165, 1.54) is 0 Å². The molecule has 0 aliphatic rings. The van der Waals surface area contributed by atoms with Crippen molar-refractivity contribution in [3.8, 4) is 0 Å². The van der Waals surface area contributed by atoms with Crippen molar-refractivity contribution in [1.29, 1.82) is 0 Å². The molecule has 0 radical (unpaired) electrons. The van der Waals surface area contributed by atoms with Crippen LogP contribution in [0, 0.1) is 9.39 Å². The van der Waals surface area contributed by atoms with Gasteiger partial charge < -0.3 is 0 Å². The van der Waals surface area contributed by atoms with Crippen molar-refractivity contribution in [1.82, 2.24) is 0 Å². The molecule has 0 bridgehead atoms. The molecule has 0 aliphatic heterocycles. The van der Waals surface area contributed by atoms with Crippen LogP contribution in [0.3, 0.4) is 0 Å². The Bertz CT molecular complexity index is 334. The summed E-state index contributed by atoms with van der Waals surface area (Å²) in [6.45, 7) is 0. The van der Waals surface area contributed by atoms with Gasteiger partial charge in [-0.3, -0.25) is 0 Å². The average molecular weight is 324 g/mol. The van der Waals surface area contributed by atoms with Gasteiger partial charge in [0.15, 0.2) is 5.82 Å². The zero-order valence-electron chi connectivity index (χ0n) is 5.92. The summed E-state index contributed by atoms with van der Waals surface area (Å²) in [7, 11) is 0. The van der Waals surface area contributed by atoms with Crippen molar-refractivity contribution >= 4 is 34.2 Å². The number of alkyl halides is 3. The first-order chi connectivity index (χ1) is 5.82. The van der Waals surface area contributed by atoms with E-state index in [1.807, 2.05) is 0 Å². The van der Waals surface area contributed by atoms with Gasteiger partial charge in [0.2, 0.25) is 0 Å². The normalized spacial score (nSPS) is 11.8. The van der Waals surface area contributed by atoms with Gasteiger partial charge in [0.05, 0.1) is 10.6 Å². The van der Waals surface area contributed by atoms with E-state index in [4.69, 9.17) is 11.6 Å². The molecule has 0 amide bonds. The van der Waals surface area contributed by atoms with E-state index in [2.05, 4.69) is 0 Å². The van der Waals surface area contributed by atoms with Crippen LogP contribution >= 0.6 is 34.2 Å². The maximum atomic E-state index is 12.8. The summed E-state index contributed by atoms with van der Waals surface area (Å²) in [5.41, 5.74) is -1.33. The molecule has 0 saturated carbocycles. The molecule has 0 spiro atoms. The summed E-state index contributed by atoms with van der Waals surface area (Å²) in [5.74, 6) is -1.42. The SMILES string of the molecule is Fc1c(Cl)cc(I)cc1C(F)(F)F. The van der Waals surface area contributed by atoms with Crippen LogP contribution in [0.25, 0.3) is 0 Å². The zero-order chi connectivity index (χ0) is 10.2. The molecule has 0 saturated heterocycles. The highest BCUT2D eigenvalue weighted by atomic mass is 127. The van der Waals surface area contributed by atoms with Gasteiger partial charge in [-0.25, -0.2) is 4.39 Å². The Morgan fingerprint density at radius 3 is 2.23 bits per heavy atom. The number of hydrogen-bond donors (Lipinski definition) is 0. The minimum atomic E-state index is -4.70. The second kappa shape index (κ2) is 3.61. The Hall–Kier alpha value is -0.0400. The third-order valence-corrected chi connectivity index (χ3v) is 2.20. The maximum Gasteiger partial charge on any atom is 0.419 e. The number of benzene rings is 1. The highest BCUT2D eigenvalue weighted by Crippen LogP contribution is 2.35. The van der Waals surface area contributed by atoms with Crippen LogP contribution in [0.4, 0.5) is 17.6 Å². The van der Waals surface area contributed by atoms with Gasteiger partial charge in [0, 0.05) is 3.57 Å². The minimum Gasteiger partial charge on any atom is -0.205 e. The topological polar surface area (TPSA) is 0 Å². The Labute approximate surface area is 90.0 Å². The first kappa shape index (κ1) is 11.0. The molecule has 1 aromatic carbocycles. The first-order valence-electron chi connectivity index (χ1n) is 3.04. The summed E-state index contributed by atoms with van der Waals surface area (Å²) >= 11 is 6.88. The van der Waals surface area contributed by atoms with E-state index in [9.17, 15) is 17.6 Å². The lowest BCUT2D eigenvalue weighted by atomic mass is 10.2. The molecule has 72 valence electrons. The van der Waals surface area contributed by atoms with Gasteiger partial charge in [0.25, 0.3) is 0 Å². The van der Waals surface area contributed by atoms with Gasteiger partial charge in [-0.15, -0.1) is 0 Å². The molecular formula is C7H2ClF4I. The molecule has 13 heavy (non-hydrogen) atoms. The van der Waals surface area contributed by atoms with Gasteiger partial charge in [0.1, 0.15) is 0 Å². The smallest absolute Gasteiger partial charge is 0.205 e. The number of halogens is 6. The fraction of sp³-hybridized carbons (Fsp3) is 0.143. The molecule has 0 atom stereocenters. The molecule has 0 nitrogen and oxygen atoms in total. The third kappa shape index (κ3) is 2.46. The van der Waals surface area contributed by atoms with Crippen LogP contribution in [0.15, 0.2) is 12.1 Å². The van der Waals surface area contributed by atoms with Crippen molar-refractivity contribution in [2.45, 2.75) is 6.18 Å². The van der Waals surface area contributed by atoms with Crippen LogP contribution in [-0.2, 0) is 6.18 Å². The monoisotopic (exact) mass is 324 g/mol. The van der Waals surface area contributed by atoms with E-state index in [0.29, 0.717) is 6.07 Å². The Morgan fingerprint density at radius 1 is 1.23 bits per heavy atom. The van der Waals surface area contributed by atoms with Gasteiger partial charge >= 0.3 is 6.18 Å². The van der Waals surface area contributed by atoms with Crippen LogP contribution in [0.5, 0.6) is 0 Å². The lowest BCUT2D eigenvalue weighted by Crippen LogP contribution is -2.08. The first-order valence-corrected chi connectivity index (χ1v) is 4.50. The van der Waals surface area contributed by atoms with E-state index in [-0.39, 0.29) is 3.57 Å². The summed E-state index contributed by atoms with van der Waals surface area (Å²) in [6, 6.07) is 1.84. The van der Waals surface area contributed by atoms with Crippen LogP contribution < -0.4 is 0 Å². The van der Waals surface area contributed by atoms with E-state index in [0.717, 1.165) is 6.07 Å². The van der Waals surface area contributed by atoms with E-state index >= 15 is 0 Å².